The SMILES string of the molecule is CONC(Cl)=CC(C)=Nc1ccc(C(=O)N2CCCC2)cc1OC(F)F. The predicted molar refractivity (Wildman–Crippen MR) is 95.1 cm³/mol. The van der Waals surface area contributed by atoms with Gasteiger partial charge < -0.3 is 9.64 Å². The molecule has 1 saturated heterocycles. The molecule has 1 aromatic carbocycles. The van der Waals surface area contributed by atoms with Crippen molar-refractivity contribution in [2.45, 2.75) is 26.4 Å². The molecule has 142 valence electrons. The van der Waals surface area contributed by atoms with Crippen LogP contribution in [0.2, 0.25) is 0 Å². The van der Waals surface area contributed by atoms with Crippen molar-refractivity contribution in [3.8, 4) is 5.75 Å². The largest absolute Gasteiger partial charge is 0.432 e. The third kappa shape index (κ3) is 5.67. The summed E-state index contributed by atoms with van der Waals surface area (Å²) >= 11 is 5.85. The second-order valence-electron chi connectivity index (χ2n) is 5.61. The summed E-state index contributed by atoms with van der Waals surface area (Å²) < 4.78 is 30.1. The highest BCUT2D eigenvalue weighted by molar-refractivity contribution is 6.30. The number of allylic oxidation sites excluding steroid dienone is 1. The molecular formula is C17H20ClF2N3O3. The highest BCUT2D eigenvalue weighted by atomic mass is 35.5. The fourth-order valence-corrected chi connectivity index (χ4v) is 2.80. The number of hydrogen-bond donors (Lipinski definition) is 1. The summed E-state index contributed by atoms with van der Waals surface area (Å²) in [6.45, 7) is -0.0670. The van der Waals surface area contributed by atoms with Crippen molar-refractivity contribution < 1.29 is 23.1 Å². The molecule has 1 fully saturated rings. The number of carbonyl (C=O) groups excluding carboxylic acids is 1. The van der Waals surface area contributed by atoms with Gasteiger partial charge in [0.2, 0.25) is 0 Å². The highest BCUT2D eigenvalue weighted by Crippen LogP contribution is 2.31. The first-order chi connectivity index (χ1) is 12.4. The first-order valence-electron chi connectivity index (χ1n) is 8.00. The summed E-state index contributed by atoms with van der Waals surface area (Å²) in [5, 5.41) is 0.172. The Kier molecular flexibility index (Phi) is 7.35. The van der Waals surface area contributed by atoms with Gasteiger partial charge in [0.1, 0.15) is 10.8 Å². The van der Waals surface area contributed by atoms with Crippen LogP contribution >= 0.6 is 11.6 Å². The van der Waals surface area contributed by atoms with Crippen molar-refractivity contribution in [2.24, 2.45) is 4.99 Å². The summed E-state index contributed by atoms with van der Waals surface area (Å²) in [5.74, 6) is -0.380. The van der Waals surface area contributed by atoms with Gasteiger partial charge in [0, 0.05) is 24.4 Å². The minimum atomic E-state index is -3.03. The molecule has 0 radical (unpaired) electrons. The van der Waals surface area contributed by atoms with Gasteiger partial charge in [-0.15, -0.1) is 0 Å². The summed E-state index contributed by atoms with van der Waals surface area (Å²) in [7, 11) is 1.40. The number of hydroxylamine groups is 1. The smallest absolute Gasteiger partial charge is 0.387 e. The number of nitrogens with zero attached hydrogens (tertiary/aromatic N) is 2. The van der Waals surface area contributed by atoms with Gasteiger partial charge in [-0.1, -0.05) is 11.6 Å². The van der Waals surface area contributed by atoms with Crippen LogP contribution in [0.4, 0.5) is 14.5 Å². The summed E-state index contributed by atoms with van der Waals surface area (Å²) in [6.07, 6.45) is 3.34. The summed E-state index contributed by atoms with van der Waals surface area (Å²) in [4.78, 5) is 23.0. The van der Waals surface area contributed by atoms with Gasteiger partial charge in [0.15, 0.2) is 5.75 Å². The van der Waals surface area contributed by atoms with E-state index in [1.807, 2.05) is 0 Å². The maximum absolute atomic E-state index is 12.8. The molecule has 1 amide bonds. The molecule has 26 heavy (non-hydrogen) atoms. The van der Waals surface area contributed by atoms with E-state index in [0.29, 0.717) is 18.8 Å². The molecule has 0 spiro atoms. The Labute approximate surface area is 155 Å². The van der Waals surface area contributed by atoms with Crippen LogP contribution in [0.5, 0.6) is 5.75 Å². The minimum absolute atomic E-state index is 0.166. The molecule has 2 rings (SSSR count). The van der Waals surface area contributed by atoms with Crippen LogP contribution in [-0.4, -0.2) is 43.3 Å². The van der Waals surface area contributed by atoms with Crippen molar-refractivity contribution in [1.29, 1.82) is 0 Å². The van der Waals surface area contributed by atoms with Gasteiger partial charge in [-0.25, -0.2) is 4.99 Å². The molecular weight excluding hydrogens is 368 g/mol. The zero-order chi connectivity index (χ0) is 19.1. The van der Waals surface area contributed by atoms with E-state index < -0.39 is 6.61 Å². The van der Waals surface area contributed by atoms with E-state index in [1.165, 1.54) is 25.3 Å². The number of ether oxygens (including phenoxy) is 1. The quantitative estimate of drug-likeness (QED) is 0.438. The number of nitrogens with one attached hydrogen (secondary N) is 1. The zero-order valence-electron chi connectivity index (χ0n) is 14.5. The van der Waals surface area contributed by atoms with Gasteiger partial charge in [-0.05, 0) is 44.0 Å². The van der Waals surface area contributed by atoms with Crippen molar-refractivity contribution in [3.05, 3.63) is 35.0 Å². The van der Waals surface area contributed by atoms with Crippen LogP contribution in [0.3, 0.4) is 0 Å². The van der Waals surface area contributed by atoms with E-state index in [1.54, 1.807) is 17.9 Å². The fraction of sp³-hybridized carbons (Fsp3) is 0.412. The molecule has 1 aliphatic rings. The Morgan fingerprint density at radius 2 is 2.08 bits per heavy atom. The van der Waals surface area contributed by atoms with Crippen LogP contribution in [-0.2, 0) is 4.84 Å². The third-order valence-corrected chi connectivity index (χ3v) is 3.83. The number of likely N-dealkylation sites (tertiary alicyclic amines) is 1. The third-order valence-electron chi connectivity index (χ3n) is 3.65. The van der Waals surface area contributed by atoms with Crippen LogP contribution in [0.1, 0.15) is 30.1 Å². The van der Waals surface area contributed by atoms with Gasteiger partial charge in [0.25, 0.3) is 5.91 Å². The van der Waals surface area contributed by atoms with Crippen molar-refractivity contribution in [1.82, 2.24) is 10.4 Å². The molecule has 0 atom stereocenters. The number of hydrogen-bond acceptors (Lipinski definition) is 5. The molecule has 6 nitrogen and oxygen atoms in total. The second kappa shape index (κ2) is 9.49. The van der Waals surface area contributed by atoms with Crippen LogP contribution in [0.25, 0.3) is 0 Å². The number of carbonyl (C=O) groups is 1. The van der Waals surface area contributed by atoms with E-state index in [4.69, 9.17) is 11.6 Å². The lowest BCUT2D eigenvalue weighted by molar-refractivity contribution is -0.0494. The Morgan fingerprint density at radius 3 is 2.69 bits per heavy atom. The topological polar surface area (TPSA) is 63.2 Å². The van der Waals surface area contributed by atoms with Gasteiger partial charge in [-0.3, -0.25) is 15.1 Å². The van der Waals surface area contributed by atoms with Crippen LogP contribution < -0.4 is 10.2 Å². The molecule has 9 heteroatoms. The van der Waals surface area contributed by atoms with Gasteiger partial charge in [0.05, 0.1) is 7.11 Å². The Hall–Kier alpha value is -2.19. The minimum Gasteiger partial charge on any atom is -0.432 e. The molecule has 1 aromatic rings. The van der Waals surface area contributed by atoms with E-state index in [0.717, 1.165) is 12.8 Å². The molecule has 0 aliphatic carbocycles. The van der Waals surface area contributed by atoms with E-state index >= 15 is 0 Å². The standard InChI is InChI=1S/C17H20ClF2N3O3/c1-11(9-15(18)22-25-2)21-13-6-5-12(10-14(13)26-17(19)20)16(24)23-7-3-4-8-23/h5-6,9-10,17,22H,3-4,7-8H2,1-2H3. The highest BCUT2D eigenvalue weighted by Gasteiger charge is 2.21. The average Bonchev–Trinajstić information content (AvgIpc) is 3.09. The molecule has 0 aromatic heterocycles. The lowest BCUT2D eigenvalue weighted by Gasteiger charge is -2.16. The maximum Gasteiger partial charge on any atom is 0.387 e. The second-order valence-corrected chi connectivity index (χ2v) is 6.02. The number of aliphatic imine (C=N–C) groups is 1. The fourth-order valence-electron chi connectivity index (χ4n) is 2.57. The van der Waals surface area contributed by atoms with Gasteiger partial charge in [-0.2, -0.15) is 8.78 Å². The number of amides is 1. The predicted octanol–water partition coefficient (Wildman–Crippen LogP) is 3.85. The molecule has 1 N–H and O–H groups in total. The first-order valence-corrected chi connectivity index (χ1v) is 8.38. The molecule has 0 saturated carbocycles. The first kappa shape index (κ1) is 20.1. The number of alkyl halides is 2. The number of rotatable bonds is 7. The lowest BCUT2D eigenvalue weighted by Crippen LogP contribution is -2.27. The van der Waals surface area contributed by atoms with Crippen molar-refractivity contribution >= 4 is 28.9 Å². The normalized spacial score (nSPS) is 15.5. The van der Waals surface area contributed by atoms with E-state index in [2.05, 4.69) is 20.0 Å². The Bertz CT molecular complexity index is 704. The Balaban J connectivity index is 2.30. The van der Waals surface area contributed by atoms with Gasteiger partial charge >= 0.3 is 6.61 Å². The summed E-state index contributed by atoms with van der Waals surface area (Å²) in [6, 6.07) is 4.30. The van der Waals surface area contributed by atoms with Crippen molar-refractivity contribution in [3.63, 3.8) is 0 Å². The monoisotopic (exact) mass is 387 g/mol. The molecule has 1 aliphatic heterocycles. The Morgan fingerprint density at radius 1 is 1.38 bits per heavy atom. The van der Waals surface area contributed by atoms with Crippen molar-refractivity contribution in [2.75, 3.05) is 20.2 Å². The van der Waals surface area contributed by atoms with E-state index in [-0.39, 0.29) is 28.1 Å². The average molecular weight is 388 g/mol. The van der Waals surface area contributed by atoms with Crippen LogP contribution in [0, 0.1) is 0 Å². The lowest BCUT2D eigenvalue weighted by atomic mass is 10.1. The number of benzene rings is 1. The molecule has 0 bridgehead atoms. The maximum atomic E-state index is 12.8. The molecule has 0 unspecified atom stereocenters. The molecule has 1 heterocycles. The number of halogens is 3. The summed E-state index contributed by atoms with van der Waals surface area (Å²) in [5.41, 5.74) is 3.29. The zero-order valence-corrected chi connectivity index (χ0v) is 15.2. The van der Waals surface area contributed by atoms with E-state index in [9.17, 15) is 13.6 Å². The van der Waals surface area contributed by atoms with Crippen LogP contribution in [0.15, 0.2) is 34.4 Å².